The second kappa shape index (κ2) is 5.02. The minimum absolute atomic E-state index is 0.487. The summed E-state index contributed by atoms with van der Waals surface area (Å²) < 4.78 is 40.2. The first-order valence-electron chi connectivity index (χ1n) is 7.17. The molecule has 1 aromatic heterocycles. The van der Waals surface area contributed by atoms with Crippen molar-refractivity contribution in [1.82, 2.24) is 14.9 Å². The van der Waals surface area contributed by atoms with Crippen LogP contribution in [0.1, 0.15) is 32.0 Å². The second-order valence-electron chi connectivity index (χ2n) is 5.84. The van der Waals surface area contributed by atoms with Crippen LogP contribution in [0, 0.1) is 0 Å². The number of fused-ring (bicyclic) bond motifs is 1. The number of halogens is 3. The number of hydrogen-bond acceptors (Lipinski definition) is 2. The van der Waals surface area contributed by atoms with Gasteiger partial charge in [0.1, 0.15) is 12.4 Å². The number of nitrogens with one attached hydrogen (secondary N) is 1. The Morgan fingerprint density at radius 1 is 1.29 bits per heavy atom. The molecule has 1 N–H and O–H groups in total. The Labute approximate surface area is 121 Å². The predicted octanol–water partition coefficient (Wildman–Crippen LogP) is 3.59. The second-order valence-corrected chi connectivity index (χ2v) is 5.84. The third-order valence-electron chi connectivity index (χ3n) is 4.10. The minimum Gasteiger partial charge on any atom is -0.317 e. The lowest BCUT2D eigenvalue weighted by Crippen LogP contribution is -2.45. The van der Waals surface area contributed by atoms with Gasteiger partial charge in [0.25, 0.3) is 0 Å². The van der Waals surface area contributed by atoms with Crippen molar-refractivity contribution in [1.29, 1.82) is 0 Å². The summed E-state index contributed by atoms with van der Waals surface area (Å²) in [5, 5.41) is 3.35. The zero-order valence-corrected chi connectivity index (χ0v) is 11.9. The van der Waals surface area contributed by atoms with Gasteiger partial charge in [0.05, 0.1) is 16.6 Å². The van der Waals surface area contributed by atoms with Crippen molar-refractivity contribution in [3.8, 4) is 0 Å². The van der Waals surface area contributed by atoms with Crippen LogP contribution in [0.5, 0.6) is 0 Å². The van der Waals surface area contributed by atoms with Crippen molar-refractivity contribution in [2.45, 2.75) is 44.4 Å². The molecule has 1 fully saturated rings. The van der Waals surface area contributed by atoms with E-state index in [0.717, 1.165) is 25.8 Å². The summed E-state index contributed by atoms with van der Waals surface area (Å²) in [6.07, 6.45) is -1.41. The van der Waals surface area contributed by atoms with Crippen LogP contribution in [0.15, 0.2) is 24.3 Å². The number of rotatable bonds is 2. The SMILES string of the molecule is CC1(c2nc3ccccc3n2CC(F)(F)F)CCCCN1. The Kier molecular flexibility index (Phi) is 3.43. The topological polar surface area (TPSA) is 29.9 Å². The molecule has 2 aromatic rings. The molecular weight excluding hydrogens is 279 g/mol. The van der Waals surface area contributed by atoms with E-state index in [-0.39, 0.29) is 0 Å². The van der Waals surface area contributed by atoms with Crippen LogP contribution in [-0.4, -0.2) is 22.3 Å². The molecule has 1 aliphatic rings. The van der Waals surface area contributed by atoms with E-state index in [0.29, 0.717) is 16.9 Å². The van der Waals surface area contributed by atoms with Gasteiger partial charge in [-0.15, -0.1) is 0 Å². The van der Waals surface area contributed by atoms with Gasteiger partial charge in [0.15, 0.2) is 0 Å². The third-order valence-corrected chi connectivity index (χ3v) is 4.10. The van der Waals surface area contributed by atoms with Crippen molar-refractivity contribution in [3.05, 3.63) is 30.1 Å². The molecule has 6 heteroatoms. The molecule has 0 saturated carbocycles. The molecule has 1 atom stereocenters. The van der Waals surface area contributed by atoms with Gasteiger partial charge in [0, 0.05) is 0 Å². The van der Waals surface area contributed by atoms with Crippen LogP contribution in [0.25, 0.3) is 11.0 Å². The average Bonchev–Trinajstić information content (AvgIpc) is 2.78. The zero-order valence-electron chi connectivity index (χ0n) is 11.9. The van der Waals surface area contributed by atoms with Gasteiger partial charge >= 0.3 is 6.18 Å². The molecule has 1 aliphatic heterocycles. The molecule has 0 aliphatic carbocycles. The highest BCUT2D eigenvalue weighted by Crippen LogP contribution is 2.33. The number of hydrogen-bond donors (Lipinski definition) is 1. The first-order valence-corrected chi connectivity index (χ1v) is 7.17. The van der Waals surface area contributed by atoms with E-state index in [9.17, 15) is 13.2 Å². The van der Waals surface area contributed by atoms with Crippen LogP contribution in [0.3, 0.4) is 0 Å². The third kappa shape index (κ3) is 2.77. The van der Waals surface area contributed by atoms with Crippen LogP contribution in [-0.2, 0) is 12.1 Å². The van der Waals surface area contributed by atoms with E-state index in [1.54, 1.807) is 24.3 Å². The largest absolute Gasteiger partial charge is 0.406 e. The Balaban J connectivity index is 2.14. The van der Waals surface area contributed by atoms with Gasteiger partial charge in [-0.25, -0.2) is 4.98 Å². The molecule has 3 nitrogen and oxygen atoms in total. The maximum Gasteiger partial charge on any atom is 0.406 e. The van der Waals surface area contributed by atoms with E-state index in [1.165, 1.54) is 4.57 Å². The summed E-state index contributed by atoms with van der Waals surface area (Å²) in [5.41, 5.74) is 0.659. The zero-order chi connectivity index (χ0) is 15.1. The number of benzene rings is 1. The van der Waals surface area contributed by atoms with Crippen molar-refractivity contribution in [3.63, 3.8) is 0 Å². The van der Waals surface area contributed by atoms with Crippen LogP contribution >= 0.6 is 0 Å². The van der Waals surface area contributed by atoms with Crippen LogP contribution in [0.4, 0.5) is 13.2 Å². The van der Waals surface area contributed by atoms with E-state index < -0.39 is 18.3 Å². The van der Waals surface area contributed by atoms with Crippen molar-refractivity contribution in [2.75, 3.05) is 6.54 Å². The maximum absolute atomic E-state index is 12.9. The Morgan fingerprint density at radius 2 is 2.05 bits per heavy atom. The monoisotopic (exact) mass is 297 g/mol. The van der Waals surface area contributed by atoms with Gasteiger partial charge in [-0.2, -0.15) is 13.2 Å². The van der Waals surface area contributed by atoms with E-state index >= 15 is 0 Å². The van der Waals surface area contributed by atoms with Gasteiger partial charge in [-0.3, -0.25) is 0 Å². The van der Waals surface area contributed by atoms with Crippen molar-refractivity contribution < 1.29 is 13.2 Å². The summed E-state index contributed by atoms with van der Waals surface area (Å²) in [4.78, 5) is 4.49. The summed E-state index contributed by atoms with van der Waals surface area (Å²) in [6, 6.07) is 7.01. The molecule has 0 radical (unpaired) electrons. The molecule has 3 rings (SSSR count). The molecular formula is C15H18F3N3. The minimum atomic E-state index is -4.26. The summed E-state index contributed by atoms with van der Waals surface area (Å²) in [5.74, 6) is 0.487. The van der Waals surface area contributed by atoms with Crippen LogP contribution in [0.2, 0.25) is 0 Å². The molecule has 0 spiro atoms. The Bertz CT molecular complexity index is 639. The Morgan fingerprint density at radius 3 is 2.71 bits per heavy atom. The molecule has 21 heavy (non-hydrogen) atoms. The summed E-state index contributed by atoms with van der Waals surface area (Å²) in [6.45, 7) is 1.76. The molecule has 1 aromatic carbocycles. The van der Waals surface area contributed by atoms with Gasteiger partial charge in [0.2, 0.25) is 0 Å². The quantitative estimate of drug-likeness (QED) is 0.918. The molecule has 114 valence electrons. The smallest absolute Gasteiger partial charge is 0.317 e. The maximum atomic E-state index is 12.9. The number of aromatic nitrogens is 2. The van der Waals surface area contributed by atoms with E-state index in [1.807, 2.05) is 6.92 Å². The fourth-order valence-corrected chi connectivity index (χ4v) is 3.08. The molecule has 1 unspecified atom stereocenters. The highest BCUT2D eigenvalue weighted by molar-refractivity contribution is 5.76. The van der Waals surface area contributed by atoms with Gasteiger partial charge < -0.3 is 9.88 Å². The number of nitrogens with zero attached hydrogens (tertiary/aromatic N) is 2. The van der Waals surface area contributed by atoms with Gasteiger partial charge in [-0.05, 0) is 44.9 Å². The van der Waals surface area contributed by atoms with Gasteiger partial charge in [-0.1, -0.05) is 12.1 Å². The first-order chi connectivity index (χ1) is 9.89. The number of para-hydroxylation sites is 2. The van der Waals surface area contributed by atoms with E-state index in [4.69, 9.17) is 0 Å². The first kappa shape index (κ1) is 14.4. The predicted molar refractivity (Wildman–Crippen MR) is 75.0 cm³/mol. The average molecular weight is 297 g/mol. The number of imidazole rings is 1. The molecule has 0 bridgehead atoms. The summed E-state index contributed by atoms with van der Waals surface area (Å²) >= 11 is 0. The molecule has 1 saturated heterocycles. The normalized spacial score (nSPS) is 23.6. The van der Waals surface area contributed by atoms with Crippen molar-refractivity contribution >= 4 is 11.0 Å². The Hall–Kier alpha value is -1.56. The standard InChI is InChI=1S/C15H18F3N3/c1-14(8-4-5-9-19-14)13-20-11-6-2-3-7-12(11)21(13)10-15(16,17)18/h2-3,6-7,19H,4-5,8-10H2,1H3. The number of piperidine rings is 1. The lowest BCUT2D eigenvalue weighted by Gasteiger charge is -2.35. The lowest BCUT2D eigenvalue weighted by atomic mass is 9.90. The fourth-order valence-electron chi connectivity index (χ4n) is 3.08. The van der Waals surface area contributed by atoms with Crippen LogP contribution < -0.4 is 5.32 Å². The number of alkyl halides is 3. The lowest BCUT2D eigenvalue weighted by molar-refractivity contribution is -0.140. The highest BCUT2D eigenvalue weighted by atomic mass is 19.4. The highest BCUT2D eigenvalue weighted by Gasteiger charge is 2.37. The molecule has 2 heterocycles. The van der Waals surface area contributed by atoms with E-state index in [2.05, 4.69) is 10.3 Å². The fraction of sp³-hybridized carbons (Fsp3) is 0.533. The van der Waals surface area contributed by atoms with Crippen molar-refractivity contribution in [2.24, 2.45) is 0 Å². The molecule has 0 amide bonds. The summed E-state index contributed by atoms with van der Waals surface area (Å²) in [7, 11) is 0.